The number of nitrogens with one attached hydrogen (secondary N) is 1. The highest BCUT2D eigenvalue weighted by Gasteiger charge is 2.21. The third-order valence-electron chi connectivity index (χ3n) is 4.59. The fourth-order valence-corrected chi connectivity index (χ4v) is 3.37. The second-order valence-electron chi connectivity index (χ2n) is 7.06. The van der Waals surface area contributed by atoms with Crippen LogP contribution >= 0.6 is 0 Å². The fraction of sp³-hybridized carbons (Fsp3) is 0.174. The van der Waals surface area contributed by atoms with Crippen molar-refractivity contribution in [2.75, 3.05) is 6.54 Å². The number of ether oxygens (including phenoxy) is 2. The van der Waals surface area contributed by atoms with Crippen LogP contribution < -0.4 is 15.2 Å². The van der Waals surface area contributed by atoms with Gasteiger partial charge in [0.2, 0.25) is 10.0 Å². The number of aromatic nitrogens is 1. The van der Waals surface area contributed by atoms with E-state index >= 15 is 0 Å². The molecule has 1 aromatic heterocycles. The molecule has 1 amide bonds. The fourth-order valence-electron chi connectivity index (χ4n) is 2.86. The average Bonchev–Trinajstić information content (AvgIpc) is 2.79. The van der Waals surface area contributed by atoms with E-state index in [0.717, 1.165) is 5.56 Å². The molecule has 1 unspecified atom stereocenters. The number of hydrogen-bond acceptors (Lipinski definition) is 7. The van der Waals surface area contributed by atoms with Gasteiger partial charge in [0, 0.05) is 12.7 Å². The van der Waals surface area contributed by atoms with Gasteiger partial charge < -0.3 is 14.8 Å². The molecule has 1 heterocycles. The molecule has 33 heavy (non-hydrogen) atoms. The number of nitrogens with zero attached hydrogens (tertiary/aromatic N) is 1. The Morgan fingerprint density at radius 2 is 1.79 bits per heavy atom. The van der Waals surface area contributed by atoms with Gasteiger partial charge in [0.1, 0.15) is 17.1 Å². The SMILES string of the molecule is CC(OC(=O)c1ccccc1Oc1cccnc1)C(=O)NCCc1ccc(S(N)(=O)=O)cc1. The van der Waals surface area contributed by atoms with E-state index < -0.39 is 28.0 Å². The summed E-state index contributed by atoms with van der Waals surface area (Å²) in [5, 5.41) is 7.76. The molecule has 3 N–H and O–H groups in total. The van der Waals surface area contributed by atoms with Crippen LogP contribution in [-0.4, -0.2) is 37.9 Å². The van der Waals surface area contributed by atoms with Crippen molar-refractivity contribution in [3.05, 3.63) is 84.2 Å². The van der Waals surface area contributed by atoms with Crippen LogP contribution in [0.3, 0.4) is 0 Å². The van der Waals surface area contributed by atoms with Crippen LogP contribution in [0.1, 0.15) is 22.8 Å². The van der Waals surface area contributed by atoms with Gasteiger partial charge in [-0.25, -0.2) is 18.4 Å². The molecule has 0 aliphatic carbocycles. The Morgan fingerprint density at radius 3 is 2.45 bits per heavy atom. The summed E-state index contributed by atoms with van der Waals surface area (Å²) in [6.45, 7) is 1.74. The zero-order valence-corrected chi connectivity index (χ0v) is 18.6. The van der Waals surface area contributed by atoms with E-state index in [1.807, 2.05) is 0 Å². The van der Waals surface area contributed by atoms with E-state index in [-0.39, 0.29) is 22.8 Å². The van der Waals surface area contributed by atoms with Crippen molar-refractivity contribution in [1.29, 1.82) is 0 Å². The highest BCUT2D eigenvalue weighted by atomic mass is 32.2. The first kappa shape index (κ1) is 23.9. The first-order valence-electron chi connectivity index (χ1n) is 10.0. The lowest BCUT2D eigenvalue weighted by molar-refractivity contribution is -0.129. The Balaban J connectivity index is 1.53. The number of sulfonamides is 1. The zero-order valence-electron chi connectivity index (χ0n) is 17.8. The van der Waals surface area contributed by atoms with E-state index in [1.54, 1.807) is 54.7 Å². The predicted molar refractivity (Wildman–Crippen MR) is 120 cm³/mol. The molecule has 9 nitrogen and oxygen atoms in total. The summed E-state index contributed by atoms with van der Waals surface area (Å²) in [7, 11) is -3.75. The number of pyridine rings is 1. The maximum atomic E-state index is 12.6. The number of rotatable bonds is 9. The van der Waals surface area contributed by atoms with E-state index in [4.69, 9.17) is 14.6 Å². The maximum Gasteiger partial charge on any atom is 0.342 e. The van der Waals surface area contributed by atoms with Gasteiger partial charge in [0.25, 0.3) is 5.91 Å². The number of carbonyl (C=O) groups excluding carboxylic acids is 2. The van der Waals surface area contributed by atoms with Crippen molar-refractivity contribution >= 4 is 21.9 Å². The average molecular weight is 470 g/mol. The number of esters is 1. The van der Waals surface area contributed by atoms with Gasteiger partial charge in [-0.1, -0.05) is 24.3 Å². The van der Waals surface area contributed by atoms with Crippen LogP contribution in [0.4, 0.5) is 0 Å². The molecule has 0 radical (unpaired) electrons. The normalized spacial score (nSPS) is 11.9. The van der Waals surface area contributed by atoms with Crippen molar-refractivity contribution in [1.82, 2.24) is 10.3 Å². The molecule has 0 aliphatic heterocycles. The van der Waals surface area contributed by atoms with Crippen LogP contribution in [0.15, 0.2) is 78.0 Å². The number of carbonyl (C=O) groups is 2. The quantitative estimate of drug-likeness (QED) is 0.459. The minimum atomic E-state index is -3.75. The van der Waals surface area contributed by atoms with E-state index in [1.165, 1.54) is 25.3 Å². The van der Waals surface area contributed by atoms with Crippen LogP contribution in [0.25, 0.3) is 0 Å². The number of amides is 1. The molecule has 0 aliphatic rings. The lowest BCUT2D eigenvalue weighted by atomic mass is 10.1. The molecule has 3 rings (SSSR count). The smallest absolute Gasteiger partial charge is 0.342 e. The molecule has 0 saturated carbocycles. The van der Waals surface area contributed by atoms with E-state index in [0.29, 0.717) is 12.2 Å². The molecule has 0 spiro atoms. The highest BCUT2D eigenvalue weighted by molar-refractivity contribution is 7.89. The van der Waals surface area contributed by atoms with Crippen molar-refractivity contribution < 1.29 is 27.5 Å². The lowest BCUT2D eigenvalue weighted by Crippen LogP contribution is -2.37. The minimum Gasteiger partial charge on any atom is -0.455 e. The van der Waals surface area contributed by atoms with E-state index in [9.17, 15) is 18.0 Å². The summed E-state index contributed by atoms with van der Waals surface area (Å²) < 4.78 is 33.6. The zero-order chi connectivity index (χ0) is 23.8. The van der Waals surface area contributed by atoms with Gasteiger partial charge in [0.15, 0.2) is 6.10 Å². The molecule has 2 aromatic carbocycles. The van der Waals surface area contributed by atoms with Crippen molar-refractivity contribution in [3.63, 3.8) is 0 Å². The molecule has 3 aromatic rings. The van der Waals surface area contributed by atoms with Gasteiger partial charge in [-0.05, 0) is 55.3 Å². The molecule has 10 heteroatoms. The van der Waals surface area contributed by atoms with Crippen LogP contribution in [0.2, 0.25) is 0 Å². The van der Waals surface area contributed by atoms with Crippen molar-refractivity contribution in [2.24, 2.45) is 5.14 Å². The Hall–Kier alpha value is -3.76. The second-order valence-corrected chi connectivity index (χ2v) is 8.63. The third-order valence-corrected chi connectivity index (χ3v) is 5.52. The van der Waals surface area contributed by atoms with E-state index in [2.05, 4.69) is 10.3 Å². The van der Waals surface area contributed by atoms with Crippen molar-refractivity contribution in [3.8, 4) is 11.5 Å². The molecular formula is C23H23N3O6S. The monoisotopic (exact) mass is 469 g/mol. The molecule has 172 valence electrons. The predicted octanol–water partition coefficient (Wildman–Crippen LogP) is 2.43. The second kappa shape index (κ2) is 10.7. The third kappa shape index (κ3) is 6.86. The van der Waals surface area contributed by atoms with Gasteiger partial charge in [-0.2, -0.15) is 0 Å². The summed E-state index contributed by atoms with van der Waals surface area (Å²) in [5.41, 5.74) is 0.991. The van der Waals surface area contributed by atoms with Gasteiger partial charge in [0.05, 0.1) is 11.1 Å². The molecule has 0 saturated heterocycles. The van der Waals surface area contributed by atoms with Gasteiger partial charge in [-0.3, -0.25) is 9.78 Å². The highest BCUT2D eigenvalue weighted by Crippen LogP contribution is 2.25. The van der Waals surface area contributed by atoms with Gasteiger partial charge in [-0.15, -0.1) is 0 Å². The minimum absolute atomic E-state index is 0.0172. The summed E-state index contributed by atoms with van der Waals surface area (Å²) >= 11 is 0. The Bertz CT molecular complexity index is 1210. The summed E-state index contributed by atoms with van der Waals surface area (Å²) in [6, 6.07) is 16.0. The molecule has 0 bridgehead atoms. The Labute approximate surface area is 191 Å². The first-order valence-corrected chi connectivity index (χ1v) is 11.6. The van der Waals surface area contributed by atoms with Crippen LogP contribution in [-0.2, 0) is 26.0 Å². The summed E-state index contributed by atoms with van der Waals surface area (Å²) in [4.78, 5) is 28.9. The number of hydrogen-bond donors (Lipinski definition) is 2. The number of benzene rings is 2. The number of para-hydroxylation sites is 1. The largest absolute Gasteiger partial charge is 0.455 e. The first-order chi connectivity index (χ1) is 15.7. The molecular weight excluding hydrogens is 446 g/mol. The van der Waals surface area contributed by atoms with Crippen LogP contribution in [0.5, 0.6) is 11.5 Å². The van der Waals surface area contributed by atoms with Crippen molar-refractivity contribution in [2.45, 2.75) is 24.3 Å². The molecule has 0 fully saturated rings. The summed E-state index contributed by atoms with van der Waals surface area (Å²) in [6.07, 6.45) is 2.54. The van der Waals surface area contributed by atoms with Crippen LogP contribution in [0, 0.1) is 0 Å². The number of primary sulfonamides is 1. The Kier molecular flexibility index (Phi) is 7.75. The summed E-state index contributed by atoms with van der Waals surface area (Å²) in [5.74, 6) is -0.419. The standard InChI is InChI=1S/C23H23N3O6S/c1-16(22(27)26-14-12-17-8-10-19(11-9-17)33(24,29)30)31-23(28)20-6-2-3-7-21(20)32-18-5-4-13-25-15-18/h2-11,13,15-16H,12,14H2,1H3,(H,26,27)(H2,24,29,30). The lowest BCUT2D eigenvalue weighted by Gasteiger charge is -2.15. The topological polar surface area (TPSA) is 138 Å². The Morgan fingerprint density at radius 1 is 1.06 bits per heavy atom. The maximum absolute atomic E-state index is 12.6. The molecule has 1 atom stereocenters. The number of nitrogens with two attached hydrogens (primary N) is 1. The van der Waals surface area contributed by atoms with Gasteiger partial charge >= 0.3 is 5.97 Å².